The Morgan fingerprint density at radius 2 is 1.95 bits per heavy atom. The number of thiocarbonyl (C=S) groups is 1. The molecule has 1 aromatic carbocycles. The van der Waals surface area contributed by atoms with Gasteiger partial charge in [0.15, 0.2) is 17.4 Å². The maximum absolute atomic E-state index is 13.3. The molecule has 0 radical (unpaired) electrons. The van der Waals surface area contributed by atoms with Gasteiger partial charge >= 0.3 is 0 Å². The number of ether oxygens (including phenoxy) is 1. The lowest BCUT2D eigenvalue weighted by Gasteiger charge is -2.17. The molecule has 4 nitrogen and oxygen atoms in total. The van der Waals surface area contributed by atoms with Gasteiger partial charge in [-0.1, -0.05) is 18.3 Å². The summed E-state index contributed by atoms with van der Waals surface area (Å²) in [5.41, 5.74) is 5.34. The minimum absolute atomic E-state index is 0.0155. The molecule has 0 aliphatic carbocycles. The summed E-state index contributed by atoms with van der Waals surface area (Å²) in [5.74, 6) is -2.26. The summed E-state index contributed by atoms with van der Waals surface area (Å²) in [4.78, 5) is 13.5. The summed E-state index contributed by atoms with van der Waals surface area (Å²) in [6, 6.07) is 3.43. The topological polar surface area (TPSA) is 55.6 Å². The summed E-state index contributed by atoms with van der Waals surface area (Å²) in [7, 11) is 1.60. The molecule has 0 saturated heterocycles. The highest BCUT2D eigenvalue weighted by molar-refractivity contribution is 7.80. The molecule has 0 heterocycles. The van der Waals surface area contributed by atoms with E-state index in [9.17, 15) is 13.6 Å². The van der Waals surface area contributed by atoms with Crippen molar-refractivity contribution >= 4 is 23.1 Å². The normalized spacial score (nSPS) is 10.2. The second-order valence-corrected chi connectivity index (χ2v) is 4.71. The van der Waals surface area contributed by atoms with Gasteiger partial charge in [-0.05, 0) is 12.1 Å². The number of halogens is 2. The lowest BCUT2D eigenvalue weighted by atomic mass is 10.3. The van der Waals surface area contributed by atoms with E-state index in [1.165, 1.54) is 11.0 Å². The molecule has 0 unspecified atom stereocenters. The average molecular weight is 302 g/mol. The zero-order valence-corrected chi connectivity index (χ0v) is 11.9. The Kier molecular flexibility index (Phi) is 6.30. The number of para-hydroxylation sites is 1. The van der Waals surface area contributed by atoms with Crippen molar-refractivity contribution in [3.63, 3.8) is 0 Å². The Morgan fingerprint density at radius 1 is 1.35 bits per heavy atom. The molecule has 0 aliphatic heterocycles. The number of carbonyl (C=O) groups is 1. The highest BCUT2D eigenvalue weighted by Gasteiger charge is 2.12. The minimum Gasteiger partial charge on any atom is -0.487 e. The summed E-state index contributed by atoms with van der Waals surface area (Å²) in [6.45, 7) is 0.302. The zero-order chi connectivity index (χ0) is 15.1. The van der Waals surface area contributed by atoms with Gasteiger partial charge in [0.05, 0.1) is 18.0 Å². The van der Waals surface area contributed by atoms with Gasteiger partial charge in [0.1, 0.15) is 0 Å². The van der Waals surface area contributed by atoms with Crippen molar-refractivity contribution in [1.82, 2.24) is 4.90 Å². The predicted octanol–water partition coefficient (Wildman–Crippen LogP) is 1.87. The largest absolute Gasteiger partial charge is 0.487 e. The van der Waals surface area contributed by atoms with Crippen LogP contribution in [0.1, 0.15) is 12.8 Å². The molecule has 2 N–H and O–H groups in total. The molecule has 1 amide bonds. The molecule has 0 spiro atoms. The quantitative estimate of drug-likeness (QED) is 0.781. The van der Waals surface area contributed by atoms with Crippen LogP contribution in [0.4, 0.5) is 8.78 Å². The summed E-state index contributed by atoms with van der Waals surface area (Å²) in [6.07, 6.45) is 0.446. The molecule has 0 aromatic heterocycles. The van der Waals surface area contributed by atoms with Crippen LogP contribution < -0.4 is 10.5 Å². The van der Waals surface area contributed by atoms with Crippen molar-refractivity contribution in [3.05, 3.63) is 29.8 Å². The molecule has 0 saturated carbocycles. The Hall–Kier alpha value is -1.76. The predicted molar refractivity (Wildman–Crippen MR) is 75.5 cm³/mol. The molecule has 1 aromatic rings. The average Bonchev–Trinajstić information content (AvgIpc) is 2.39. The molecule has 0 bridgehead atoms. The molecule has 7 heteroatoms. The number of benzene rings is 1. The van der Waals surface area contributed by atoms with E-state index >= 15 is 0 Å². The summed E-state index contributed by atoms with van der Waals surface area (Å²) >= 11 is 4.71. The van der Waals surface area contributed by atoms with Gasteiger partial charge in [0, 0.05) is 20.0 Å². The Labute approximate surface area is 121 Å². The standard InChI is InChI=1S/C13H16F2N2O2S/c1-17(7-5-11(16)20)12(18)6-8-19-13-9(14)3-2-4-10(13)15/h2-4H,5-8H2,1H3,(H2,16,20). The first kappa shape index (κ1) is 16.3. The third-order valence-corrected chi connectivity index (χ3v) is 2.80. The highest BCUT2D eigenvalue weighted by atomic mass is 32.1. The Morgan fingerprint density at radius 3 is 2.50 bits per heavy atom. The number of amides is 1. The van der Waals surface area contributed by atoms with E-state index in [2.05, 4.69) is 0 Å². The van der Waals surface area contributed by atoms with Gasteiger partial charge in [-0.3, -0.25) is 4.79 Å². The Bertz CT molecular complexity index is 477. The van der Waals surface area contributed by atoms with Gasteiger partial charge in [-0.25, -0.2) is 8.78 Å². The monoisotopic (exact) mass is 302 g/mol. The van der Waals surface area contributed by atoms with Gasteiger partial charge in [0.2, 0.25) is 5.91 Å². The first-order valence-corrected chi connectivity index (χ1v) is 6.41. The van der Waals surface area contributed by atoms with Crippen LogP contribution in [-0.2, 0) is 4.79 Å². The third kappa shape index (κ3) is 5.08. The number of nitrogens with two attached hydrogens (primary N) is 1. The second kappa shape index (κ2) is 7.74. The van der Waals surface area contributed by atoms with Crippen molar-refractivity contribution in [1.29, 1.82) is 0 Å². The second-order valence-electron chi connectivity index (χ2n) is 4.18. The van der Waals surface area contributed by atoms with Crippen molar-refractivity contribution < 1.29 is 18.3 Å². The molecule has 110 valence electrons. The number of hydrogen-bond acceptors (Lipinski definition) is 3. The molecule has 0 aliphatic rings. The van der Waals surface area contributed by atoms with Gasteiger partial charge in [-0.2, -0.15) is 0 Å². The molecular weight excluding hydrogens is 286 g/mol. The zero-order valence-electron chi connectivity index (χ0n) is 11.1. The first-order valence-electron chi connectivity index (χ1n) is 6.01. The van der Waals surface area contributed by atoms with E-state index in [0.29, 0.717) is 18.0 Å². The van der Waals surface area contributed by atoms with Crippen LogP contribution >= 0.6 is 12.2 Å². The number of nitrogens with zero attached hydrogens (tertiary/aromatic N) is 1. The third-order valence-electron chi connectivity index (χ3n) is 2.60. The van der Waals surface area contributed by atoms with Crippen LogP contribution in [0.5, 0.6) is 5.75 Å². The number of hydrogen-bond donors (Lipinski definition) is 1. The fourth-order valence-corrected chi connectivity index (χ4v) is 1.55. The van der Waals surface area contributed by atoms with E-state index in [4.69, 9.17) is 22.7 Å². The molecule has 0 atom stereocenters. The smallest absolute Gasteiger partial charge is 0.225 e. The minimum atomic E-state index is -0.792. The molecule has 1 rings (SSSR count). The summed E-state index contributed by atoms with van der Waals surface area (Å²) in [5, 5.41) is 0. The van der Waals surface area contributed by atoms with Crippen LogP contribution in [0.2, 0.25) is 0 Å². The molecule has 0 fully saturated rings. The van der Waals surface area contributed by atoms with Gasteiger partial charge in [0.25, 0.3) is 0 Å². The lowest BCUT2D eigenvalue weighted by molar-refractivity contribution is -0.130. The van der Waals surface area contributed by atoms with Crippen LogP contribution in [-0.4, -0.2) is 36.0 Å². The number of carbonyl (C=O) groups excluding carboxylic acids is 1. The van der Waals surface area contributed by atoms with Crippen molar-refractivity contribution in [2.45, 2.75) is 12.8 Å². The first-order chi connectivity index (χ1) is 9.41. The SMILES string of the molecule is CN(CCC(N)=S)C(=O)CCOc1c(F)cccc1F. The van der Waals surface area contributed by atoms with Crippen LogP contribution in [0.15, 0.2) is 18.2 Å². The van der Waals surface area contributed by atoms with Crippen molar-refractivity contribution in [2.24, 2.45) is 5.73 Å². The van der Waals surface area contributed by atoms with E-state index in [1.807, 2.05) is 0 Å². The lowest BCUT2D eigenvalue weighted by Crippen LogP contribution is -2.31. The fourth-order valence-electron chi connectivity index (χ4n) is 1.45. The van der Waals surface area contributed by atoms with E-state index in [1.54, 1.807) is 7.05 Å². The van der Waals surface area contributed by atoms with E-state index in [0.717, 1.165) is 12.1 Å². The van der Waals surface area contributed by atoms with E-state index in [-0.39, 0.29) is 18.9 Å². The van der Waals surface area contributed by atoms with Crippen LogP contribution in [0.3, 0.4) is 0 Å². The highest BCUT2D eigenvalue weighted by Crippen LogP contribution is 2.20. The summed E-state index contributed by atoms with van der Waals surface area (Å²) < 4.78 is 31.5. The number of rotatable bonds is 7. The fraction of sp³-hybridized carbons (Fsp3) is 0.385. The van der Waals surface area contributed by atoms with E-state index < -0.39 is 17.4 Å². The van der Waals surface area contributed by atoms with Gasteiger partial charge in [-0.15, -0.1) is 0 Å². The molecule has 20 heavy (non-hydrogen) atoms. The maximum Gasteiger partial charge on any atom is 0.225 e. The van der Waals surface area contributed by atoms with Crippen LogP contribution in [0, 0.1) is 11.6 Å². The van der Waals surface area contributed by atoms with Gasteiger partial charge < -0.3 is 15.4 Å². The van der Waals surface area contributed by atoms with Crippen molar-refractivity contribution in [2.75, 3.05) is 20.2 Å². The Balaban J connectivity index is 2.40. The van der Waals surface area contributed by atoms with Crippen LogP contribution in [0.25, 0.3) is 0 Å². The maximum atomic E-state index is 13.3. The van der Waals surface area contributed by atoms with Crippen molar-refractivity contribution in [3.8, 4) is 5.75 Å². The molecular formula is C13H16F2N2O2S.